The smallest absolute Gasteiger partial charge is 0.0622 e. The molecule has 0 aromatic rings. The first-order valence-electron chi connectivity index (χ1n) is 4.53. The van der Waals surface area contributed by atoms with Crippen molar-refractivity contribution in [3.05, 3.63) is 6.20 Å². The predicted octanol–water partition coefficient (Wildman–Crippen LogP) is 3.11. The number of nitrogens with one attached hydrogen (secondary N) is 1. The first-order valence-corrected chi connectivity index (χ1v) is 4.53. The molecule has 0 aromatic carbocycles. The van der Waals surface area contributed by atoms with E-state index in [4.69, 9.17) is 0 Å². The van der Waals surface area contributed by atoms with Crippen LogP contribution < -0.4 is 5.32 Å². The molecule has 0 atom stereocenters. The molecule has 0 spiro atoms. The van der Waals surface area contributed by atoms with Crippen molar-refractivity contribution in [2.24, 2.45) is 5.21 Å². The van der Waals surface area contributed by atoms with E-state index in [1.807, 2.05) is 40.5 Å². The summed E-state index contributed by atoms with van der Waals surface area (Å²) in [4.78, 5) is 0. The van der Waals surface area contributed by atoms with Crippen molar-refractivity contribution in [1.29, 1.82) is 0 Å². The third-order valence-electron chi connectivity index (χ3n) is 0.610. The molecule has 74 valence electrons. The molecular weight excluding hydrogens is 155 g/mol. The van der Waals surface area contributed by atoms with Gasteiger partial charge in [-0.2, -0.15) is 0 Å². The Morgan fingerprint density at radius 2 is 1.83 bits per heavy atom. The summed E-state index contributed by atoms with van der Waals surface area (Å²) >= 11 is 0. The van der Waals surface area contributed by atoms with Crippen LogP contribution in [0.15, 0.2) is 11.4 Å². The van der Waals surface area contributed by atoms with Gasteiger partial charge in [-0.25, -0.2) is 0 Å². The Labute approximate surface area is 75.5 Å². The summed E-state index contributed by atoms with van der Waals surface area (Å²) in [5.74, 6) is 2.01. The van der Waals surface area contributed by atoms with Crippen LogP contribution in [0.4, 0.5) is 4.48 Å². The van der Waals surface area contributed by atoms with Crippen LogP contribution >= 0.6 is 0 Å². The van der Waals surface area contributed by atoms with E-state index in [1.165, 1.54) is 6.20 Å². The lowest BCUT2D eigenvalue weighted by Crippen LogP contribution is -2.04. The lowest BCUT2D eigenvalue weighted by molar-refractivity contribution is 0.542. The highest BCUT2D eigenvalue weighted by Crippen LogP contribution is 1.66. The van der Waals surface area contributed by atoms with Gasteiger partial charge in [0.25, 0.3) is 0 Å². The third kappa shape index (κ3) is 35.2. The van der Waals surface area contributed by atoms with Crippen LogP contribution in [0.2, 0.25) is 0 Å². The maximum Gasteiger partial charge on any atom is 0.0622 e. The topological polar surface area (TPSA) is 24.4 Å². The van der Waals surface area contributed by atoms with Crippen LogP contribution in [0.5, 0.6) is 0 Å². The molecule has 0 saturated heterocycles. The van der Waals surface area contributed by atoms with Crippen LogP contribution in [0, 0.1) is 0 Å². The molecule has 0 unspecified atom stereocenters. The summed E-state index contributed by atoms with van der Waals surface area (Å²) in [7, 11) is 0. The zero-order valence-electron chi connectivity index (χ0n) is 8.82. The fraction of sp³-hybridized carbons (Fsp3) is 0.778. The molecule has 0 aliphatic carbocycles. The van der Waals surface area contributed by atoms with Crippen molar-refractivity contribution in [3.63, 3.8) is 0 Å². The maximum atomic E-state index is 10.9. The van der Waals surface area contributed by atoms with Gasteiger partial charge in [0.05, 0.1) is 6.20 Å². The molecule has 0 amide bonds. The minimum atomic E-state index is 0.836. The zero-order valence-corrected chi connectivity index (χ0v) is 8.82. The average molecular weight is 176 g/mol. The van der Waals surface area contributed by atoms with Crippen LogP contribution in [0.1, 0.15) is 41.0 Å². The van der Waals surface area contributed by atoms with Crippen molar-refractivity contribution in [1.82, 2.24) is 5.32 Å². The van der Waals surface area contributed by atoms with Gasteiger partial charge in [-0.1, -0.05) is 39.1 Å². The molecule has 2 nitrogen and oxygen atoms in total. The van der Waals surface area contributed by atoms with E-state index in [0.717, 1.165) is 13.0 Å². The number of hydrogen-bond donors (Lipinski definition) is 1. The molecule has 0 heterocycles. The van der Waals surface area contributed by atoms with Gasteiger partial charge in [-0.3, -0.25) is 0 Å². The zero-order chi connectivity index (χ0) is 10.2. The van der Waals surface area contributed by atoms with Gasteiger partial charge in [-0.15, -0.1) is 0 Å². The van der Waals surface area contributed by atoms with Crippen molar-refractivity contribution >= 4 is 5.87 Å². The Hall–Kier alpha value is -0.820. The molecule has 0 aliphatic rings. The summed E-state index contributed by atoms with van der Waals surface area (Å²) < 4.78 is 10.9. The quantitative estimate of drug-likeness (QED) is 0.518. The fourth-order valence-corrected chi connectivity index (χ4v) is 0.287. The predicted molar refractivity (Wildman–Crippen MR) is 54.1 cm³/mol. The minimum Gasteiger partial charge on any atom is -0.383 e. The minimum absolute atomic E-state index is 0.836. The van der Waals surface area contributed by atoms with Gasteiger partial charge < -0.3 is 5.32 Å². The van der Waals surface area contributed by atoms with E-state index in [-0.39, 0.29) is 0 Å². The number of nitrogens with zero attached hydrogens (tertiary/aromatic N) is 1. The first-order chi connectivity index (χ1) is 5.91. The third-order valence-corrected chi connectivity index (χ3v) is 0.610. The lowest BCUT2D eigenvalue weighted by Gasteiger charge is -1.88. The average Bonchev–Trinajstić information content (AvgIpc) is 2.19. The Kier molecular flexibility index (Phi) is 46.1. The monoisotopic (exact) mass is 176 g/mol. The Bertz CT molecular complexity index is 96.7. The van der Waals surface area contributed by atoms with Crippen LogP contribution in [0.3, 0.4) is 0 Å². The molecule has 0 aromatic heterocycles. The molecule has 12 heavy (non-hydrogen) atoms. The van der Waals surface area contributed by atoms with Gasteiger partial charge in [-0.05, 0) is 11.6 Å². The molecule has 0 aliphatic heterocycles. The normalized spacial score (nSPS) is 5.83. The Balaban J connectivity index is -0.000000175. The van der Waals surface area contributed by atoms with Crippen LogP contribution in [-0.2, 0) is 0 Å². The van der Waals surface area contributed by atoms with Crippen LogP contribution in [-0.4, -0.2) is 12.4 Å². The maximum absolute atomic E-state index is 10.9. The van der Waals surface area contributed by atoms with E-state index in [9.17, 15) is 4.48 Å². The standard InChI is InChI=1S/C5H9FN2.2C2H6/c1-2-3-7-4-5-8-6;2*1-2/h4,7H,2-3H2,1H3;2*1-2H3. The SMILES string of the molecule is CC.CC.CCCNC=C=NF. The van der Waals surface area contributed by atoms with E-state index in [1.54, 1.807) is 0 Å². The largest absolute Gasteiger partial charge is 0.383 e. The van der Waals surface area contributed by atoms with Gasteiger partial charge in [0.15, 0.2) is 0 Å². The number of halogens is 1. The molecule has 0 fully saturated rings. The van der Waals surface area contributed by atoms with E-state index in [0.29, 0.717) is 0 Å². The van der Waals surface area contributed by atoms with Crippen molar-refractivity contribution in [2.75, 3.05) is 6.54 Å². The van der Waals surface area contributed by atoms with Gasteiger partial charge in [0.1, 0.15) is 0 Å². The summed E-state index contributed by atoms with van der Waals surface area (Å²) in [6, 6.07) is 0. The molecule has 3 heteroatoms. The van der Waals surface area contributed by atoms with E-state index < -0.39 is 0 Å². The highest BCUT2D eigenvalue weighted by atomic mass is 19.2. The lowest BCUT2D eigenvalue weighted by atomic mass is 10.5. The molecule has 0 radical (unpaired) electrons. The second kappa shape index (κ2) is 32.0. The van der Waals surface area contributed by atoms with E-state index >= 15 is 0 Å². The first kappa shape index (κ1) is 17.3. The second-order valence-electron chi connectivity index (χ2n) is 1.31. The van der Waals surface area contributed by atoms with Crippen molar-refractivity contribution in [3.8, 4) is 0 Å². The van der Waals surface area contributed by atoms with Gasteiger partial charge in [0, 0.05) is 12.4 Å². The number of rotatable bonds is 3. The Morgan fingerprint density at radius 3 is 2.17 bits per heavy atom. The molecule has 0 rings (SSSR count). The molecule has 0 bridgehead atoms. The van der Waals surface area contributed by atoms with Gasteiger partial charge >= 0.3 is 0 Å². The van der Waals surface area contributed by atoms with Gasteiger partial charge in [0.2, 0.25) is 0 Å². The van der Waals surface area contributed by atoms with Crippen molar-refractivity contribution in [2.45, 2.75) is 41.0 Å². The number of hydrogen-bond acceptors (Lipinski definition) is 2. The summed E-state index contributed by atoms with van der Waals surface area (Å²) in [6.45, 7) is 10.9. The summed E-state index contributed by atoms with van der Waals surface area (Å²) in [6.07, 6.45) is 2.37. The molecule has 1 N–H and O–H groups in total. The summed E-state index contributed by atoms with van der Waals surface area (Å²) in [5.41, 5.74) is 0. The fourth-order valence-electron chi connectivity index (χ4n) is 0.287. The summed E-state index contributed by atoms with van der Waals surface area (Å²) in [5, 5.41) is 4.91. The van der Waals surface area contributed by atoms with Crippen molar-refractivity contribution < 1.29 is 4.48 Å². The highest BCUT2D eigenvalue weighted by Gasteiger charge is 1.69. The van der Waals surface area contributed by atoms with E-state index in [2.05, 4.69) is 10.5 Å². The molecule has 0 saturated carbocycles. The second-order valence-corrected chi connectivity index (χ2v) is 1.31. The van der Waals surface area contributed by atoms with Crippen LogP contribution in [0.25, 0.3) is 0 Å². The molecular formula is C9H21FN2. The Morgan fingerprint density at radius 1 is 1.33 bits per heavy atom. The highest BCUT2D eigenvalue weighted by molar-refractivity contribution is 5.49.